The molecule has 5 rings (SSSR count). The number of aliphatic hydroxyl groups excluding tert-OH is 1. The first-order chi connectivity index (χ1) is 17.3. The lowest BCUT2D eigenvalue weighted by molar-refractivity contribution is -0.132. The van der Waals surface area contributed by atoms with Gasteiger partial charge in [-0.2, -0.15) is 0 Å². The maximum atomic E-state index is 13.5. The largest absolute Gasteiger partial charge is 0.507 e. The van der Waals surface area contributed by atoms with E-state index < -0.39 is 17.7 Å². The number of nitrogens with zero attached hydrogens (tertiary/aromatic N) is 1. The number of ether oxygens (including phenoxy) is 1. The van der Waals surface area contributed by atoms with Crippen LogP contribution in [-0.4, -0.2) is 28.4 Å². The maximum Gasteiger partial charge on any atom is 0.300 e. The van der Waals surface area contributed by atoms with Crippen LogP contribution in [0, 0.1) is 20.8 Å². The molecule has 6 nitrogen and oxygen atoms in total. The van der Waals surface area contributed by atoms with Crippen molar-refractivity contribution >= 4 is 34.0 Å². The second kappa shape index (κ2) is 9.04. The van der Waals surface area contributed by atoms with Gasteiger partial charge in [-0.1, -0.05) is 24.3 Å². The SMILES string of the molecule is CCOc1ccc(/C(O)=C2\C(=O)C(=O)N(c3ccc(C)c(C)c3)C2c2c(C)[nH]c3ccccc23)cc1. The minimum atomic E-state index is -0.796. The second-order valence-corrected chi connectivity index (χ2v) is 9.10. The summed E-state index contributed by atoms with van der Waals surface area (Å²) in [7, 11) is 0. The Balaban J connectivity index is 1.77. The Hall–Kier alpha value is -4.32. The number of ketones is 1. The van der Waals surface area contributed by atoms with Crippen LogP contribution in [0.25, 0.3) is 16.7 Å². The van der Waals surface area contributed by atoms with Crippen LogP contribution in [0.15, 0.2) is 72.3 Å². The Morgan fingerprint density at radius 2 is 1.69 bits per heavy atom. The number of benzene rings is 3. The molecule has 1 aliphatic heterocycles. The predicted octanol–water partition coefficient (Wildman–Crippen LogP) is 6.12. The van der Waals surface area contributed by atoms with Gasteiger partial charge < -0.3 is 14.8 Å². The quantitative estimate of drug-likeness (QED) is 0.205. The Kier molecular flexibility index (Phi) is 5.88. The Bertz CT molecular complexity index is 1530. The number of rotatable bonds is 5. The standard InChI is InChI=1S/C30H28N2O4/c1-5-36-22-14-11-20(12-15-22)28(33)26-27(25-19(4)31-24-9-7-6-8-23(24)25)32(30(35)29(26)34)21-13-10-17(2)18(3)16-21/h6-16,27,31,33H,5H2,1-4H3/b28-26+. The van der Waals surface area contributed by atoms with Crippen LogP contribution in [0.4, 0.5) is 5.69 Å². The highest BCUT2D eigenvalue weighted by molar-refractivity contribution is 6.52. The lowest BCUT2D eigenvalue weighted by Crippen LogP contribution is -2.29. The molecule has 1 atom stereocenters. The molecule has 0 bridgehead atoms. The summed E-state index contributed by atoms with van der Waals surface area (Å²) in [5.74, 6) is -0.930. The molecule has 0 spiro atoms. The summed E-state index contributed by atoms with van der Waals surface area (Å²) < 4.78 is 5.51. The molecule has 1 fully saturated rings. The summed E-state index contributed by atoms with van der Waals surface area (Å²) in [6.45, 7) is 8.31. The highest BCUT2D eigenvalue weighted by Crippen LogP contribution is 2.45. The van der Waals surface area contributed by atoms with Gasteiger partial charge in [-0.05, 0) is 81.3 Å². The topological polar surface area (TPSA) is 82.6 Å². The lowest BCUT2D eigenvalue weighted by Gasteiger charge is -2.26. The molecule has 1 amide bonds. The number of nitrogens with one attached hydrogen (secondary N) is 1. The fourth-order valence-corrected chi connectivity index (χ4v) is 4.93. The molecule has 0 aliphatic carbocycles. The average Bonchev–Trinajstić information content (AvgIpc) is 3.33. The third-order valence-electron chi connectivity index (χ3n) is 6.87. The van der Waals surface area contributed by atoms with Crippen LogP contribution in [0.2, 0.25) is 0 Å². The average molecular weight is 481 g/mol. The fraction of sp³-hybridized carbons (Fsp3) is 0.200. The van der Waals surface area contributed by atoms with Crippen molar-refractivity contribution in [3.8, 4) is 5.75 Å². The number of para-hydroxylation sites is 1. The third kappa shape index (κ3) is 3.75. The van der Waals surface area contributed by atoms with Crippen LogP contribution >= 0.6 is 0 Å². The first-order valence-electron chi connectivity index (χ1n) is 12.0. The fourth-order valence-electron chi connectivity index (χ4n) is 4.93. The number of hydrogen-bond acceptors (Lipinski definition) is 4. The smallest absolute Gasteiger partial charge is 0.300 e. The van der Waals surface area contributed by atoms with Crippen molar-refractivity contribution in [2.45, 2.75) is 33.7 Å². The highest BCUT2D eigenvalue weighted by atomic mass is 16.5. The van der Waals surface area contributed by atoms with Gasteiger partial charge in [-0.3, -0.25) is 14.5 Å². The lowest BCUT2D eigenvalue weighted by atomic mass is 9.93. The number of carbonyl (C=O) groups excluding carboxylic acids is 2. The van der Waals surface area contributed by atoms with E-state index in [9.17, 15) is 14.7 Å². The number of aryl methyl sites for hydroxylation is 3. The van der Waals surface area contributed by atoms with Crippen molar-refractivity contribution < 1.29 is 19.4 Å². The van der Waals surface area contributed by atoms with Gasteiger partial charge in [0.2, 0.25) is 0 Å². The Labute approximate surface area is 209 Å². The van der Waals surface area contributed by atoms with Crippen LogP contribution in [0.5, 0.6) is 5.75 Å². The molecule has 36 heavy (non-hydrogen) atoms. The summed E-state index contributed by atoms with van der Waals surface area (Å²) >= 11 is 0. The molecular formula is C30H28N2O4. The predicted molar refractivity (Wildman–Crippen MR) is 141 cm³/mol. The van der Waals surface area contributed by atoms with Crippen LogP contribution in [-0.2, 0) is 9.59 Å². The molecule has 4 aromatic rings. The van der Waals surface area contributed by atoms with Gasteiger partial charge in [0.15, 0.2) is 0 Å². The number of aromatic amines is 1. The number of Topliss-reactive ketones (excluding diaryl/α,β-unsaturated/α-hetero) is 1. The monoisotopic (exact) mass is 480 g/mol. The number of H-pyrrole nitrogens is 1. The van der Waals surface area contributed by atoms with E-state index in [1.807, 2.05) is 70.2 Å². The number of amides is 1. The van der Waals surface area contributed by atoms with E-state index in [0.29, 0.717) is 23.6 Å². The van der Waals surface area contributed by atoms with Gasteiger partial charge in [0, 0.05) is 33.4 Å². The van der Waals surface area contributed by atoms with Crippen molar-refractivity contribution in [1.82, 2.24) is 4.98 Å². The molecule has 1 saturated heterocycles. The Morgan fingerprint density at radius 3 is 2.39 bits per heavy atom. The van der Waals surface area contributed by atoms with E-state index in [4.69, 9.17) is 4.74 Å². The molecule has 6 heteroatoms. The van der Waals surface area contributed by atoms with Crippen molar-refractivity contribution in [2.75, 3.05) is 11.5 Å². The van der Waals surface area contributed by atoms with Gasteiger partial charge in [0.05, 0.1) is 18.2 Å². The van der Waals surface area contributed by atoms with Crippen LogP contribution < -0.4 is 9.64 Å². The minimum absolute atomic E-state index is 0.0650. The highest BCUT2D eigenvalue weighted by Gasteiger charge is 2.48. The van der Waals surface area contributed by atoms with Crippen LogP contribution in [0.3, 0.4) is 0 Å². The van der Waals surface area contributed by atoms with Crippen molar-refractivity contribution in [1.29, 1.82) is 0 Å². The van der Waals surface area contributed by atoms with E-state index in [1.54, 1.807) is 24.3 Å². The number of hydrogen-bond donors (Lipinski definition) is 2. The second-order valence-electron chi connectivity index (χ2n) is 9.10. The minimum Gasteiger partial charge on any atom is -0.507 e. The molecule has 2 N–H and O–H groups in total. The molecule has 0 radical (unpaired) electrons. The molecule has 1 unspecified atom stereocenters. The van der Waals surface area contributed by atoms with Crippen LogP contribution in [0.1, 0.15) is 40.9 Å². The molecule has 3 aromatic carbocycles. The zero-order valence-corrected chi connectivity index (χ0v) is 20.8. The zero-order valence-electron chi connectivity index (χ0n) is 20.8. The molecule has 1 aromatic heterocycles. The van der Waals surface area contributed by atoms with E-state index in [-0.39, 0.29) is 11.3 Å². The number of aliphatic hydroxyl groups is 1. The number of fused-ring (bicyclic) bond motifs is 1. The first-order valence-corrected chi connectivity index (χ1v) is 12.0. The summed E-state index contributed by atoms with van der Waals surface area (Å²) in [6, 6.07) is 19.6. The summed E-state index contributed by atoms with van der Waals surface area (Å²) in [5.41, 5.74) is 5.73. The molecule has 1 aliphatic rings. The zero-order chi connectivity index (χ0) is 25.6. The Morgan fingerprint density at radius 1 is 0.972 bits per heavy atom. The van der Waals surface area contributed by atoms with Gasteiger partial charge in [0.1, 0.15) is 11.5 Å². The van der Waals surface area contributed by atoms with Gasteiger partial charge >= 0.3 is 0 Å². The molecule has 2 heterocycles. The van der Waals surface area contributed by atoms with Gasteiger partial charge in [-0.15, -0.1) is 0 Å². The molecule has 0 saturated carbocycles. The van der Waals surface area contributed by atoms with E-state index in [2.05, 4.69) is 4.98 Å². The third-order valence-corrected chi connectivity index (χ3v) is 6.87. The van der Waals surface area contributed by atoms with Gasteiger partial charge in [0.25, 0.3) is 11.7 Å². The molecule has 182 valence electrons. The number of aromatic nitrogens is 1. The maximum absolute atomic E-state index is 13.5. The number of carbonyl (C=O) groups is 2. The van der Waals surface area contributed by atoms with Crippen molar-refractivity contribution in [2.24, 2.45) is 0 Å². The molecular weight excluding hydrogens is 452 g/mol. The summed E-state index contributed by atoms with van der Waals surface area (Å²) in [4.78, 5) is 32.0. The van der Waals surface area contributed by atoms with Gasteiger partial charge in [-0.25, -0.2) is 0 Å². The first kappa shape index (κ1) is 23.4. The van der Waals surface area contributed by atoms with Crippen molar-refractivity contribution in [3.05, 3.63) is 100 Å². The number of anilines is 1. The van der Waals surface area contributed by atoms with E-state index in [0.717, 1.165) is 33.3 Å². The summed E-state index contributed by atoms with van der Waals surface area (Å²) in [6.07, 6.45) is 0. The van der Waals surface area contributed by atoms with E-state index >= 15 is 0 Å². The normalized spacial score (nSPS) is 17.2. The summed E-state index contributed by atoms with van der Waals surface area (Å²) in [5, 5.41) is 12.4. The van der Waals surface area contributed by atoms with Crippen molar-refractivity contribution in [3.63, 3.8) is 0 Å². The van der Waals surface area contributed by atoms with E-state index in [1.165, 1.54) is 4.90 Å².